The standard InChI is InChI=1S/C14H19BrN2O2S.ClH/c1-9-6-13(4-5-14(9)15)20(18,19)17-12-7-10-2-3-11(8-12)16-10;/h4-6,10-12,16-17H,2-3,7-8H2,1H3;1H. The number of halogens is 2. The highest BCUT2D eigenvalue weighted by Crippen LogP contribution is 2.28. The lowest BCUT2D eigenvalue weighted by atomic mass is 10.0. The van der Waals surface area contributed by atoms with E-state index in [1.54, 1.807) is 18.2 Å². The summed E-state index contributed by atoms with van der Waals surface area (Å²) >= 11 is 3.40. The van der Waals surface area contributed by atoms with Gasteiger partial charge in [-0.3, -0.25) is 0 Å². The summed E-state index contributed by atoms with van der Waals surface area (Å²) < 4.78 is 28.7. The highest BCUT2D eigenvalue weighted by molar-refractivity contribution is 9.10. The number of aryl methyl sites for hydroxylation is 1. The zero-order valence-corrected chi connectivity index (χ0v) is 15.0. The maximum Gasteiger partial charge on any atom is 0.240 e. The molecule has 1 aromatic carbocycles. The molecule has 2 N–H and O–H groups in total. The Morgan fingerprint density at radius 1 is 1.24 bits per heavy atom. The van der Waals surface area contributed by atoms with E-state index >= 15 is 0 Å². The maximum atomic E-state index is 12.5. The third kappa shape index (κ3) is 3.79. The van der Waals surface area contributed by atoms with Gasteiger partial charge in [-0.2, -0.15) is 0 Å². The molecule has 2 saturated heterocycles. The van der Waals surface area contributed by atoms with Gasteiger partial charge in [-0.1, -0.05) is 15.9 Å². The average Bonchev–Trinajstić information content (AvgIpc) is 2.71. The molecule has 2 atom stereocenters. The Morgan fingerprint density at radius 3 is 2.43 bits per heavy atom. The van der Waals surface area contributed by atoms with Crippen molar-refractivity contribution < 1.29 is 8.42 Å². The minimum Gasteiger partial charge on any atom is -0.311 e. The molecule has 0 saturated carbocycles. The lowest BCUT2D eigenvalue weighted by Crippen LogP contribution is -2.47. The van der Waals surface area contributed by atoms with E-state index in [2.05, 4.69) is 26.0 Å². The van der Waals surface area contributed by atoms with Crippen molar-refractivity contribution in [3.8, 4) is 0 Å². The van der Waals surface area contributed by atoms with E-state index in [0.717, 1.165) is 22.9 Å². The lowest BCUT2D eigenvalue weighted by molar-refractivity contribution is 0.345. The summed E-state index contributed by atoms with van der Waals surface area (Å²) in [4.78, 5) is 0.351. The average molecular weight is 396 g/mol. The van der Waals surface area contributed by atoms with Crippen molar-refractivity contribution in [2.75, 3.05) is 0 Å². The van der Waals surface area contributed by atoms with E-state index in [4.69, 9.17) is 0 Å². The number of hydrogen-bond donors (Lipinski definition) is 2. The van der Waals surface area contributed by atoms with Gasteiger partial charge in [0.25, 0.3) is 0 Å². The van der Waals surface area contributed by atoms with Crippen LogP contribution in [0.4, 0.5) is 0 Å². The first-order valence-corrected chi connectivity index (χ1v) is 9.26. The molecule has 21 heavy (non-hydrogen) atoms. The van der Waals surface area contributed by atoms with Crippen LogP contribution in [0.2, 0.25) is 0 Å². The molecule has 0 radical (unpaired) electrons. The number of fused-ring (bicyclic) bond motifs is 2. The van der Waals surface area contributed by atoms with Gasteiger partial charge < -0.3 is 5.32 Å². The topological polar surface area (TPSA) is 58.2 Å². The van der Waals surface area contributed by atoms with Gasteiger partial charge in [0.15, 0.2) is 0 Å². The number of hydrogen-bond acceptors (Lipinski definition) is 3. The number of sulfonamides is 1. The summed E-state index contributed by atoms with van der Waals surface area (Å²) in [5, 5.41) is 3.52. The van der Waals surface area contributed by atoms with E-state index in [1.807, 2.05) is 6.92 Å². The molecule has 2 fully saturated rings. The monoisotopic (exact) mass is 394 g/mol. The zero-order chi connectivity index (χ0) is 14.3. The summed E-state index contributed by atoms with van der Waals surface area (Å²) in [5.74, 6) is 0. The SMILES string of the molecule is Cc1cc(S(=O)(=O)NC2CC3CCC(C2)N3)ccc1Br.Cl. The normalized spacial score (nSPS) is 28.2. The molecule has 3 rings (SSSR count). The molecule has 2 aliphatic heterocycles. The molecule has 2 heterocycles. The molecule has 118 valence electrons. The van der Waals surface area contributed by atoms with E-state index < -0.39 is 10.0 Å². The molecule has 2 aliphatic rings. The van der Waals surface area contributed by atoms with E-state index in [-0.39, 0.29) is 18.4 Å². The van der Waals surface area contributed by atoms with Gasteiger partial charge in [0.2, 0.25) is 10.0 Å². The quantitative estimate of drug-likeness (QED) is 0.827. The Labute approximate surface area is 140 Å². The molecule has 7 heteroatoms. The van der Waals surface area contributed by atoms with Crippen LogP contribution in [0.15, 0.2) is 27.6 Å². The van der Waals surface area contributed by atoms with Crippen LogP contribution in [0.1, 0.15) is 31.2 Å². The predicted molar refractivity (Wildman–Crippen MR) is 89.4 cm³/mol. The molecule has 0 aliphatic carbocycles. The van der Waals surface area contributed by atoms with Crippen molar-refractivity contribution in [2.45, 2.75) is 55.6 Å². The minimum absolute atomic E-state index is 0. The Kier molecular flexibility index (Phi) is 5.36. The molecule has 4 nitrogen and oxygen atoms in total. The molecule has 0 amide bonds. The molecule has 0 spiro atoms. The lowest BCUT2D eigenvalue weighted by Gasteiger charge is -2.29. The third-order valence-corrected chi connectivity index (χ3v) is 6.64. The number of rotatable bonds is 3. The predicted octanol–water partition coefficient (Wildman–Crippen LogP) is 2.74. The minimum atomic E-state index is -3.42. The van der Waals surface area contributed by atoms with Crippen LogP contribution < -0.4 is 10.0 Å². The smallest absolute Gasteiger partial charge is 0.240 e. The molecule has 1 aromatic rings. The van der Waals surface area contributed by atoms with Crippen molar-refractivity contribution in [2.24, 2.45) is 0 Å². The first-order chi connectivity index (χ1) is 9.44. The van der Waals surface area contributed by atoms with Gasteiger partial charge in [0, 0.05) is 22.6 Å². The van der Waals surface area contributed by atoms with Crippen molar-refractivity contribution in [1.82, 2.24) is 10.0 Å². The van der Waals surface area contributed by atoms with Gasteiger partial charge in [-0.25, -0.2) is 13.1 Å². The van der Waals surface area contributed by atoms with Crippen molar-refractivity contribution >= 4 is 38.4 Å². The summed E-state index contributed by atoms with van der Waals surface area (Å²) in [6.45, 7) is 1.90. The van der Waals surface area contributed by atoms with Crippen molar-refractivity contribution in [1.29, 1.82) is 0 Å². The van der Waals surface area contributed by atoms with Gasteiger partial charge >= 0.3 is 0 Å². The Bertz CT molecular complexity index is 611. The first kappa shape index (κ1) is 17.2. The highest BCUT2D eigenvalue weighted by Gasteiger charge is 2.35. The second-order valence-corrected chi connectivity index (χ2v) is 8.41. The highest BCUT2D eigenvalue weighted by atomic mass is 79.9. The van der Waals surface area contributed by atoms with Crippen molar-refractivity contribution in [3.63, 3.8) is 0 Å². The molecule has 2 bridgehead atoms. The molecule has 0 aromatic heterocycles. The van der Waals surface area contributed by atoms with Crippen LogP contribution in [0.3, 0.4) is 0 Å². The maximum absolute atomic E-state index is 12.5. The summed E-state index contributed by atoms with van der Waals surface area (Å²) in [5.41, 5.74) is 0.929. The summed E-state index contributed by atoms with van der Waals surface area (Å²) in [6, 6.07) is 6.16. The Hall–Kier alpha value is -0.140. The van der Waals surface area contributed by atoms with Gasteiger partial charge in [0.05, 0.1) is 4.90 Å². The number of benzene rings is 1. The summed E-state index contributed by atoms with van der Waals surface area (Å²) in [6.07, 6.45) is 4.12. The fourth-order valence-corrected chi connectivity index (χ4v) is 4.82. The van der Waals surface area contributed by atoms with Crippen LogP contribution in [-0.2, 0) is 10.0 Å². The van der Waals surface area contributed by atoms with Crippen LogP contribution in [-0.4, -0.2) is 26.5 Å². The first-order valence-electron chi connectivity index (χ1n) is 6.98. The fraction of sp³-hybridized carbons (Fsp3) is 0.571. The fourth-order valence-electron chi connectivity index (χ4n) is 3.23. The van der Waals surface area contributed by atoms with E-state index in [0.29, 0.717) is 17.0 Å². The van der Waals surface area contributed by atoms with Crippen LogP contribution in [0, 0.1) is 6.92 Å². The van der Waals surface area contributed by atoms with Gasteiger partial charge in [0.1, 0.15) is 0 Å². The van der Waals surface area contributed by atoms with E-state index in [9.17, 15) is 8.42 Å². The van der Waals surface area contributed by atoms with Crippen molar-refractivity contribution in [3.05, 3.63) is 28.2 Å². The van der Waals surface area contributed by atoms with Crippen LogP contribution in [0.5, 0.6) is 0 Å². The molecular weight excluding hydrogens is 376 g/mol. The van der Waals surface area contributed by atoms with Crippen LogP contribution in [0.25, 0.3) is 0 Å². The number of piperidine rings is 1. The molecular formula is C14H20BrClN2O2S. The van der Waals surface area contributed by atoms with Gasteiger partial charge in [-0.05, 0) is 56.4 Å². The Balaban J connectivity index is 0.00000161. The number of nitrogens with one attached hydrogen (secondary N) is 2. The van der Waals surface area contributed by atoms with E-state index in [1.165, 1.54) is 12.8 Å². The Morgan fingerprint density at radius 2 is 1.86 bits per heavy atom. The van der Waals surface area contributed by atoms with Crippen LogP contribution >= 0.6 is 28.3 Å². The summed E-state index contributed by atoms with van der Waals surface area (Å²) in [7, 11) is -3.42. The second kappa shape index (κ2) is 6.54. The third-order valence-electron chi connectivity index (χ3n) is 4.23. The second-order valence-electron chi connectivity index (χ2n) is 5.84. The zero-order valence-electron chi connectivity index (χ0n) is 11.8. The van der Waals surface area contributed by atoms with Gasteiger partial charge in [-0.15, -0.1) is 12.4 Å². The molecule has 2 unspecified atom stereocenters. The largest absolute Gasteiger partial charge is 0.311 e.